The SMILES string of the molecule is O=C(O)c1ccc(OC2CCCOC2)c(S(=O)(=O)Cl)c1. The van der Waals surface area contributed by atoms with Crippen LogP contribution in [0.5, 0.6) is 5.75 Å². The van der Waals surface area contributed by atoms with Crippen LogP contribution in [0, 0.1) is 0 Å². The van der Waals surface area contributed by atoms with Gasteiger partial charge in [0, 0.05) is 17.3 Å². The van der Waals surface area contributed by atoms with Crippen LogP contribution in [0.4, 0.5) is 0 Å². The van der Waals surface area contributed by atoms with Gasteiger partial charge in [-0.2, -0.15) is 0 Å². The zero-order valence-electron chi connectivity index (χ0n) is 10.4. The van der Waals surface area contributed by atoms with Gasteiger partial charge in [0.25, 0.3) is 9.05 Å². The van der Waals surface area contributed by atoms with Gasteiger partial charge in [0.2, 0.25) is 0 Å². The molecule has 8 heteroatoms. The molecule has 110 valence electrons. The van der Waals surface area contributed by atoms with Gasteiger partial charge in [-0.25, -0.2) is 13.2 Å². The van der Waals surface area contributed by atoms with Crippen LogP contribution in [-0.2, 0) is 13.8 Å². The van der Waals surface area contributed by atoms with Gasteiger partial charge in [-0.05, 0) is 31.0 Å². The zero-order chi connectivity index (χ0) is 14.8. The van der Waals surface area contributed by atoms with Crippen molar-refractivity contribution < 1.29 is 27.8 Å². The van der Waals surface area contributed by atoms with E-state index in [1.54, 1.807) is 0 Å². The molecule has 1 atom stereocenters. The summed E-state index contributed by atoms with van der Waals surface area (Å²) in [6, 6.07) is 3.56. The second-order valence-electron chi connectivity index (χ2n) is 4.36. The quantitative estimate of drug-likeness (QED) is 0.852. The first-order valence-corrected chi connectivity index (χ1v) is 8.25. The number of carboxylic acids is 1. The molecule has 0 aromatic heterocycles. The van der Waals surface area contributed by atoms with Crippen molar-refractivity contribution in [3.05, 3.63) is 23.8 Å². The second-order valence-corrected chi connectivity index (χ2v) is 6.90. The van der Waals surface area contributed by atoms with Crippen molar-refractivity contribution in [1.82, 2.24) is 0 Å². The van der Waals surface area contributed by atoms with Gasteiger partial charge in [0.05, 0.1) is 12.2 Å². The van der Waals surface area contributed by atoms with E-state index in [-0.39, 0.29) is 22.3 Å². The number of halogens is 1. The van der Waals surface area contributed by atoms with E-state index in [2.05, 4.69) is 0 Å². The molecule has 1 aromatic rings. The van der Waals surface area contributed by atoms with E-state index in [4.69, 9.17) is 25.3 Å². The van der Waals surface area contributed by atoms with Crippen LogP contribution in [-0.4, -0.2) is 38.8 Å². The molecule has 0 spiro atoms. The molecule has 1 fully saturated rings. The summed E-state index contributed by atoms with van der Waals surface area (Å²) in [6.07, 6.45) is 1.29. The van der Waals surface area contributed by atoms with Crippen molar-refractivity contribution in [3.63, 3.8) is 0 Å². The highest BCUT2D eigenvalue weighted by Gasteiger charge is 2.23. The van der Waals surface area contributed by atoms with Crippen LogP contribution < -0.4 is 4.74 Å². The number of ether oxygens (including phenoxy) is 2. The van der Waals surface area contributed by atoms with Crippen molar-refractivity contribution in [2.45, 2.75) is 23.8 Å². The van der Waals surface area contributed by atoms with Gasteiger partial charge < -0.3 is 14.6 Å². The Bertz CT molecular complexity index is 606. The predicted octanol–water partition coefficient (Wildman–Crippen LogP) is 1.87. The Balaban J connectivity index is 2.33. The largest absolute Gasteiger partial charge is 0.487 e. The minimum atomic E-state index is -4.10. The van der Waals surface area contributed by atoms with Crippen LogP contribution >= 0.6 is 10.7 Å². The Morgan fingerprint density at radius 3 is 2.75 bits per heavy atom. The molecular formula is C12H13ClO6S. The molecule has 0 amide bonds. The molecule has 2 rings (SSSR count). The van der Waals surface area contributed by atoms with E-state index in [1.807, 2.05) is 0 Å². The monoisotopic (exact) mass is 320 g/mol. The molecule has 6 nitrogen and oxygen atoms in total. The molecule has 1 aliphatic heterocycles. The Kier molecular flexibility index (Phi) is 4.52. The third-order valence-electron chi connectivity index (χ3n) is 2.87. The van der Waals surface area contributed by atoms with Crippen LogP contribution in [0.1, 0.15) is 23.2 Å². The van der Waals surface area contributed by atoms with E-state index < -0.39 is 15.0 Å². The van der Waals surface area contributed by atoms with Gasteiger partial charge in [0.15, 0.2) is 0 Å². The third kappa shape index (κ3) is 3.62. The zero-order valence-corrected chi connectivity index (χ0v) is 12.0. The molecule has 20 heavy (non-hydrogen) atoms. The maximum Gasteiger partial charge on any atom is 0.335 e. The van der Waals surface area contributed by atoms with E-state index in [0.29, 0.717) is 13.2 Å². The van der Waals surface area contributed by atoms with E-state index in [0.717, 1.165) is 18.9 Å². The van der Waals surface area contributed by atoms with Crippen LogP contribution in [0.2, 0.25) is 0 Å². The molecule has 1 unspecified atom stereocenters. The fourth-order valence-corrected chi connectivity index (χ4v) is 2.90. The Morgan fingerprint density at radius 2 is 2.20 bits per heavy atom. The number of benzene rings is 1. The first kappa shape index (κ1) is 15.1. The Labute approximate surface area is 120 Å². The van der Waals surface area contributed by atoms with Crippen molar-refractivity contribution in [2.75, 3.05) is 13.2 Å². The van der Waals surface area contributed by atoms with E-state index in [1.165, 1.54) is 12.1 Å². The lowest BCUT2D eigenvalue weighted by atomic mass is 10.1. The lowest BCUT2D eigenvalue weighted by Crippen LogP contribution is -2.28. The number of hydrogen-bond donors (Lipinski definition) is 1. The Morgan fingerprint density at radius 1 is 1.45 bits per heavy atom. The van der Waals surface area contributed by atoms with E-state index in [9.17, 15) is 13.2 Å². The van der Waals surface area contributed by atoms with Gasteiger partial charge in [0.1, 0.15) is 16.7 Å². The van der Waals surface area contributed by atoms with Crippen molar-refractivity contribution >= 4 is 25.7 Å². The minimum Gasteiger partial charge on any atom is -0.487 e. The maximum atomic E-state index is 11.5. The molecule has 1 saturated heterocycles. The summed E-state index contributed by atoms with van der Waals surface area (Å²) >= 11 is 0. The number of rotatable bonds is 4. The first-order valence-electron chi connectivity index (χ1n) is 5.94. The first-order chi connectivity index (χ1) is 9.38. The number of hydrogen-bond acceptors (Lipinski definition) is 5. The summed E-state index contributed by atoms with van der Waals surface area (Å²) in [5, 5.41) is 8.89. The summed E-state index contributed by atoms with van der Waals surface area (Å²) in [6.45, 7) is 1.01. The van der Waals surface area contributed by atoms with Crippen LogP contribution in [0.15, 0.2) is 23.1 Å². The number of aromatic carboxylic acids is 1. The average molecular weight is 321 g/mol. The normalized spacial score (nSPS) is 19.6. The summed E-state index contributed by atoms with van der Waals surface area (Å²) in [7, 11) is 1.23. The topological polar surface area (TPSA) is 89.9 Å². The summed E-state index contributed by atoms with van der Waals surface area (Å²) < 4.78 is 33.9. The van der Waals surface area contributed by atoms with Crippen LogP contribution in [0.25, 0.3) is 0 Å². The molecule has 0 saturated carbocycles. The molecule has 1 aromatic carbocycles. The Hall–Kier alpha value is -1.31. The molecule has 1 heterocycles. The standard InChI is InChI=1S/C12H13ClO6S/c13-20(16,17)11-6-8(12(14)15)3-4-10(11)19-9-2-1-5-18-7-9/h3-4,6,9H,1-2,5,7H2,(H,14,15). The average Bonchev–Trinajstić information content (AvgIpc) is 2.39. The summed E-state index contributed by atoms with van der Waals surface area (Å²) in [4.78, 5) is 10.5. The highest BCUT2D eigenvalue weighted by molar-refractivity contribution is 8.13. The van der Waals surface area contributed by atoms with Gasteiger partial charge in [-0.1, -0.05) is 0 Å². The highest BCUT2D eigenvalue weighted by atomic mass is 35.7. The van der Waals surface area contributed by atoms with Gasteiger partial charge >= 0.3 is 5.97 Å². The molecule has 1 aliphatic rings. The second kappa shape index (κ2) is 5.99. The maximum absolute atomic E-state index is 11.5. The predicted molar refractivity (Wildman–Crippen MR) is 70.9 cm³/mol. The van der Waals surface area contributed by atoms with Crippen molar-refractivity contribution in [3.8, 4) is 5.75 Å². The highest BCUT2D eigenvalue weighted by Crippen LogP contribution is 2.30. The minimum absolute atomic E-state index is 0.0421. The summed E-state index contributed by atoms with van der Waals surface area (Å²) in [5.74, 6) is -1.19. The number of carboxylic acid groups (broad SMARTS) is 1. The molecule has 0 radical (unpaired) electrons. The lowest BCUT2D eigenvalue weighted by Gasteiger charge is -2.24. The summed E-state index contributed by atoms with van der Waals surface area (Å²) in [5.41, 5.74) is -0.170. The molecular weight excluding hydrogens is 308 g/mol. The van der Waals surface area contributed by atoms with Gasteiger partial charge in [-0.3, -0.25) is 0 Å². The van der Waals surface area contributed by atoms with Crippen molar-refractivity contribution in [2.24, 2.45) is 0 Å². The van der Waals surface area contributed by atoms with Crippen LogP contribution in [0.3, 0.4) is 0 Å². The van der Waals surface area contributed by atoms with Crippen molar-refractivity contribution in [1.29, 1.82) is 0 Å². The fraction of sp³-hybridized carbons (Fsp3) is 0.417. The number of carbonyl (C=O) groups is 1. The van der Waals surface area contributed by atoms with Gasteiger partial charge in [-0.15, -0.1) is 0 Å². The molecule has 0 bridgehead atoms. The third-order valence-corrected chi connectivity index (χ3v) is 4.21. The molecule has 1 N–H and O–H groups in total. The van der Waals surface area contributed by atoms with E-state index >= 15 is 0 Å². The molecule has 0 aliphatic carbocycles. The smallest absolute Gasteiger partial charge is 0.335 e. The lowest BCUT2D eigenvalue weighted by molar-refractivity contribution is 0.00620. The fourth-order valence-electron chi connectivity index (χ4n) is 1.91.